The van der Waals surface area contributed by atoms with Gasteiger partial charge in [-0.05, 0) is 171 Å². The number of hydrogen-bond donors (Lipinski definition) is 6. The van der Waals surface area contributed by atoms with Crippen LogP contribution < -0.4 is 33.6 Å². The molecular formula is C52H56N16. The van der Waals surface area contributed by atoms with Gasteiger partial charge in [-0.25, -0.2) is 0 Å². The fourth-order valence-corrected chi connectivity index (χ4v) is 10.1. The topological polar surface area (TPSA) is 241 Å². The molecule has 0 aliphatic heterocycles. The van der Waals surface area contributed by atoms with Crippen molar-refractivity contribution < 1.29 is 0 Å². The van der Waals surface area contributed by atoms with Crippen LogP contribution in [-0.2, 0) is 51.4 Å². The number of anilines is 6. The van der Waals surface area contributed by atoms with Gasteiger partial charge >= 0.3 is 0 Å². The van der Waals surface area contributed by atoms with E-state index in [1.54, 1.807) is 9.36 Å². The van der Waals surface area contributed by atoms with Gasteiger partial charge in [-0.3, -0.25) is 0 Å². The van der Waals surface area contributed by atoms with Crippen molar-refractivity contribution >= 4 is 35.2 Å². The van der Waals surface area contributed by atoms with E-state index in [4.69, 9.17) is 22.9 Å². The molecule has 4 aliphatic carbocycles. The molecule has 4 aromatic heterocycles. The predicted molar refractivity (Wildman–Crippen MR) is 266 cm³/mol. The molecule has 0 saturated heterocycles. The fourth-order valence-electron chi connectivity index (χ4n) is 10.1. The van der Waals surface area contributed by atoms with Crippen LogP contribution in [0.5, 0.6) is 0 Å². The maximum atomic E-state index is 6.23. The Balaban J connectivity index is 0.000000149. The number of nitrogens with two attached hydrogens (primary N) is 4. The summed E-state index contributed by atoms with van der Waals surface area (Å²) in [5.74, 6) is 2.56. The number of rotatable bonds is 6. The largest absolute Gasteiger partial charge is 0.368 e. The normalized spacial score (nSPS) is 17.1. The number of nitrogens with one attached hydrogen (secondary N) is 2. The van der Waals surface area contributed by atoms with E-state index < -0.39 is 0 Å². The lowest BCUT2D eigenvalue weighted by Gasteiger charge is -2.09. The fraction of sp³-hybridized carbons (Fsp3) is 0.308. The number of hydrogen-bond acceptors (Lipinski definition) is 14. The summed E-state index contributed by atoms with van der Waals surface area (Å²) in [7, 11) is 0. The molecule has 4 aliphatic rings. The zero-order chi connectivity index (χ0) is 46.1. The van der Waals surface area contributed by atoms with Gasteiger partial charge in [0.2, 0.25) is 23.8 Å². The molecule has 4 heterocycles. The van der Waals surface area contributed by atoms with E-state index in [2.05, 4.69) is 124 Å². The van der Waals surface area contributed by atoms with E-state index in [-0.39, 0.29) is 24.0 Å². The van der Waals surface area contributed by atoms with Gasteiger partial charge in [0.05, 0.1) is 11.4 Å². The number of nitrogen functional groups attached to an aromatic ring is 2. The third-order valence-electron chi connectivity index (χ3n) is 13.8. The molecule has 12 rings (SSSR count). The molecule has 2 atom stereocenters. The van der Waals surface area contributed by atoms with Gasteiger partial charge in [0.15, 0.2) is 11.6 Å². The minimum atomic E-state index is 0.270. The molecule has 16 heteroatoms. The van der Waals surface area contributed by atoms with Crippen molar-refractivity contribution in [3.05, 3.63) is 142 Å². The molecule has 16 nitrogen and oxygen atoms in total. The van der Waals surface area contributed by atoms with Crippen LogP contribution in [0.3, 0.4) is 0 Å². The van der Waals surface area contributed by atoms with Crippen LogP contribution in [0.4, 0.5) is 35.2 Å². The summed E-state index contributed by atoms with van der Waals surface area (Å²) in [6.07, 6.45) is 14.2. The van der Waals surface area contributed by atoms with E-state index in [1.165, 1.54) is 33.4 Å². The first-order chi connectivity index (χ1) is 33.3. The second kappa shape index (κ2) is 18.6. The van der Waals surface area contributed by atoms with Crippen LogP contribution in [0.2, 0.25) is 0 Å². The summed E-state index contributed by atoms with van der Waals surface area (Å²) in [6.45, 7) is 0. The highest BCUT2D eigenvalue weighted by Crippen LogP contribution is 2.34. The molecule has 0 saturated carbocycles. The van der Waals surface area contributed by atoms with Crippen molar-refractivity contribution in [1.29, 1.82) is 0 Å². The first-order valence-electron chi connectivity index (χ1n) is 23.9. The summed E-state index contributed by atoms with van der Waals surface area (Å²) >= 11 is 0. The number of fused-ring (bicyclic) bond motifs is 8. The average Bonchev–Trinajstić information content (AvgIpc) is 3.57. The molecule has 68 heavy (non-hydrogen) atoms. The van der Waals surface area contributed by atoms with Gasteiger partial charge in [0.1, 0.15) is 0 Å². The van der Waals surface area contributed by atoms with Crippen molar-refractivity contribution in [2.45, 2.75) is 102 Å². The van der Waals surface area contributed by atoms with Crippen molar-refractivity contribution in [1.82, 2.24) is 49.9 Å². The van der Waals surface area contributed by atoms with Crippen LogP contribution in [-0.4, -0.2) is 62.0 Å². The van der Waals surface area contributed by atoms with Gasteiger partial charge in [-0.1, -0.05) is 60.7 Å². The molecular weight excluding hydrogens is 849 g/mol. The number of aromatic nitrogens is 10. The van der Waals surface area contributed by atoms with Gasteiger partial charge in [-0.15, -0.1) is 30.6 Å². The molecule has 0 spiro atoms. The highest BCUT2D eigenvalue weighted by molar-refractivity contribution is 5.70. The third-order valence-corrected chi connectivity index (χ3v) is 13.8. The predicted octanol–water partition coefficient (Wildman–Crippen LogP) is 7.49. The standard InChI is InChI=1S/2C26H28N8/c2*27-20-11-8-16-10-13-21(14-18(16)9-12-20)29-26-30-25(28)34(33-26)23-15-19-6-3-5-17-4-1-2-7-22(17)24(19)32-31-23/h2*1-2,4,7,10,13-15,20H,3,5-6,8-9,11-12,27H2,(H3,28,29,30,33)/t2*20-/m00/s1. The first kappa shape index (κ1) is 43.0. The minimum Gasteiger partial charge on any atom is -0.368 e. The Morgan fingerprint density at radius 2 is 0.838 bits per heavy atom. The van der Waals surface area contributed by atoms with Crippen LogP contribution in [0.1, 0.15) is 83.0 Å². The zero-order valence-corrected chi connectivity index (χ0v) is 38.1. The van der Waals surface area contributed by atoms with Crippen molar-refractivity contribution in [2.24, 2.45) is 11.5 Å². The van der Waals surface area contributed by atoms with Crippen LogP contribution in [0.15, 0.2) is 97.1 Å². The smallest absolute Gasteiger partial charge is 0.248 e. The highest BCUT2D eigenvalue weighted by atomic mass is 15.5. The number of nitrogens with zero attached hydrogens (tertiary/aromatic N) is 10. The second-order valence-electron chi connectivity index (χ2n) is 18.5. The lowest BCUT2D eigenvalue weighted by molar-refractivity contribution is 0.589. The molecule has 0 bridgehead atoms. The quantitative estimate of drug-likeness (QED) is 0.0887. The average molecular weight is 905 g/mol. The van der Waals surface area contributed by atoms with E-state index >= 15 is 0 Å². The number of aryl methyl sites for hydroxylation is 8. The summed E-state index contributed by atoms with van der Waals surface area (Å²) in [5.41, 5.74) is 41.2. The van der Waals surface area contributed by atoms with E-state index in [0.717, 1.165) is 135 Å². The Morgan fingerprint density at radius 1 is 0.426 bits per heavy atom. The Morgan fingerprint density at radius 3 is 1.29 bits per heavy atom. The summed E-state index contributed by atoms with van der Waals surface area (Å²) in [6, 6.07) is 34.3. The summed E-state index contributed by atoms with van der Waals surface area (Å²) < 4.78 is 3.10. The highest BCUT2D eigenvalue weighted by Gasteiger charge is 2.22. The second-order valence-corrected chi connectivity index (χ2v) is 18.5. The Labute approximate surface area is 395 Å². The van der Waals surface area contributed by atoms with Crippen LogP contribution in [0, 0.1) is 0 Å². The monoisotopic (exact) mass is 904 g/mol. The first-order valence-corrected chi connectivity index (χ1v) is 23.9. The van der Waals surface area contributed by atoms with Gasteiger partial charge < -0.3 is 33.6 Å². The Bertz CT molecular complexity index is 2930. The SMILES string of the molecule is Nc1nc(Nc2ccc3c(c2)CC[C@@H](N)CC3)nn1-c1cc2c(nn1)-c1ccccc1CCC2.Nc1nc(Nc2ccc3c(c2)CC[C@@H](N)CC3)nn1-c1cc2c(nn1)-c1ccccc1CCC2. The van der Waals surface area contributed by atoms with Crippen molar-refractivity contribution in [2.75, 3.05) is 22.1 Å². The van der Waals surface area contributed by atoms with E-state index in [0.29, 0.717) is 23.5 Å². The molecule has 0 radical (unpaired) electrons. The molecule has 0 amide bonds. The molecule has 0 fully saturated rings. The Kier molecular flexibility index (Phi) is 11.8. The molecule has 8 aromatic rings. The summed E-state index contributed by atoms with van der Waals surface area (Å²) in [5, 5.41) is 33.8. The van der Waals surface area contributed by atoms with E-state index in [1.807, 2.05) is 24.3 Å². The maximum Gasteiger partial charge on any atom is 0.248 e. The number of benzene rings is 4. The Hall–Kier alpha value is -7.56. The van der Waals surface area contributed by atoms with E-state index in [9.17, 15) is 0 Å². The lowest BCUT2D eigenvalue weighted by Crippen LogP contribution is -2.19. The van der Waals surface area contributed by atoms with Crippen LogP contribution in [0.25, 0.3) is 34.2 Å². The molecule has 4 aromatic carbocycles. The summed E-state index contributed by atoms with van der Waals surface area (Å²) in [4.78, 5) is 8.84. The van der Waals surface area contributed by atoms with Crippen LogP contribution >= 0.6 is 0 Å². The maximum absolute atomic E-state index is 6.23. The van der Waals surface area contributed by atoms with Gasteiger partial charge in [0.25, 0.3) is 0 Å². The minimum absolute atomic E-state index is 0.270. The van der Waals surface area contributed by atoms with Crippen molar-refractivity contribution in [3.63, 3.8) is 0 Å². The zero-order valence-electron chi connectivity index (χ0n) is 38.1. The lowest BCUT2D eigenvalue weighted by atomic mass is 10.0. The molecule has 344 valence electrons. The third kappa shape index (κ3) is 8.99. The molecule has 0 unspecified atom stereocenters. The van der Waals surface area contributed by atoms with Crippen molar-refractivity contribution in [3.8, 4) is 34.2 Å². The van der Waals surface area contributed by atoms with Gasteiger partial charge in [0, 0.05) is 34.6 Å². The molecule has 10 N–H and O–H groups in total. The van der Waals surface area contributed by atoms with Gasteiger partial charge in [-0.2, -0.15) is 19.3 Å².